The summed E-state index contributed by atoms with van der Waals surface area (Å²) in [6.07, 6.45) is 0.711. The average molecular weight is 590 g/mol. The highest BCUT2D eigenvalue weighted by molar-refractivity contribution is 7.92. The van der Waals surface area contributed by atoms with E-state index in [2.05, 4.69) is 5.32 Å². The van der Waals surface area contributed by atoms with Crippen LogP contribution in [0.5, 0.6) is 5.75 Å². The maximum absolute atomic E-state index is 13.8. The number of amides is 2. The molecular weight excluding hydrogens is 557 g/mol. The van der Waals surface area contributed by atoms with Crippen LogP contribution in [0.15, 0.2) is 77.7 Å². The number of carbonyl (C=O) groups excluding carboxylic acids is 2. The second-order valence-corrected chi connectivity index (χ2v) is 11.3. The van der Waals surface area contributed by atoms with Crippen LogP contribution in [0.2, 0.25) is 5.02 Å². The van der Waals surface area contributed by atoms with Crippen molar-refractivity contribution in [3.8, 4) is 5.75 Å². The van der Waals surface area contributed by atoms with Gasteiger partial charge in [-0.25, -0.2) is 12.8 Å². The molecule has 3 aromatic carbocycles. The SMILES string of the molecule is CCCNC(=O)[C@H](C)N(Cc1ccc(Cl)cc1)C(=O)CN(c1ccc(F)cc1)S(=O)(=O)c1ccc(OCC)cc1. The number of halogens is 2. The van der Waals surface area contributed by atoms with Crippen molar-refractivity contribution in [2.45, 2.75) is 44.7 Å². The molecule has 40 heavy (non-hydrogen) atoms. The summed E-state index contributed by atoms with van der Waals surface area (Å²) in [6, 6.07) is 16.5. The maximum Gasteiger partial charge on any atom is 0.264 e. The molecule has 1 atom stereocenters. The molecule has 0 heterocycles. The monoisotopic (exact) mass is 589 g/mol. The van der Waals surface area contributed by atoms with Crippen molar-refractivity contribution in [2.24, 2.45) is 0 Å². The first kappa shape index (κ1) is 30.9. The summed E-state index contributed by atoms with van der Waals surface area (Å²) in [6.45, 7) is 5.56. The first-order chi connectivity index (χ1) is 19.1. The highest BCUT2D eigenvalue weighted by Gasteiger charge is 2.32. The van der Waals surface area contributed by atoms with Gasteiger partial charge in [-0.05, 0) is 86.5 Å². The molecular formula is C29H33ClFN3O5S. The Bertz CT molecular complexity index is 1380. The van der Waals surface area contributed by atoms with E-state index in [1.807, 2.05) is 13.8 Å². The molecule has 0 spiro atoms. The molecule has 0 radical (unpaired) electrons. The molecule has 3 aromatic rings. The fourth-order valence-corrected chi connectivity index (χ4v) is 5.44. The zero-order valence-corrected chi connectivity index (χ0v) is 24.2. The first-order valence-electron chi connectivity index (χ1n) is 12.9. The van der Waals surface area contributed by atoms with Crippen molar-refractivity contribution >= 4 is 39.1 Å². The topological polar surface area (TPSA) is 96.0 Å². The van der Waals surface area contributed by atoms with Crippen LogP contribution < -0.4 is 14.4 Å². The lowest BCUT2D eigenvalue weighted by molar-refractivity contribution is -0.139. The highest BCUT2D eigenvalue weighted by atomic mass is 35.5. The fraction of sp³-hybridized carbons (Fsp3) is 0.310. The Balaban J connectivity index is 2.00. The maximum atomic E-state index is 13.8. The third kappa shape index (κ3) is 7.95. The quantitative estimate of drug-likeness (QED) is 0.302. The predicted molar refractivity (Wildman–Crippen MR) is 153 cm³/mol. The third-order valence-corrected chi connectivity index (χ3v) is 8.14. The van der Waals surface area contributed by atoms with Crippen LogP contribution in [-0.4, -0.2) is 50.9 Å². The standard InChI is InChI=1S/C29H33ClFN3O5S/c1-4-18-32-29(36)21(3)33(19-22-6-8-23(30)9-7-22)28(35)20-34(25-12-10-24(31)11-13-25)40(37,38)27-16-14-26(15-17-27)39-5-2/h6-17,21H,4-5,18-20H2,1-3H3,(H,32,36)/t21-/m0/s1. The van der Waals surface area contributed by atoms with Crippen molar-refractivity contribution < 1.29 is 27.1 Å². The number of sulfonamides is 1. The van der Waals surface area contributed by atoms with Gasteiger partial charge in [0, 0.05) is 18.1 Å². The number of rotatable bonds is 13. The van der Waals surface area contributed by atoms with Gasteiger partial charge in [-0.2, -0.15) is 0 Å². The number of ether oxygens (including phenoxy) is 1. The van der Waals surface area contributed by atoms with Crippen LogP contribution in [0.4, 0.5) is 10.1 Å². The van der Waals surface area contributed by atoms with Crippen LogP contribution in [0, 0.1) is 5.82 Å². The number of benzene rings is 3. The average Bonchev–Trinajstić information content (AvgIpc) is 2.94. The lowest BCUT2D eigenvalue weighted by atomic mass is 10.1. The molecule has 0 aliphatic heterocycles. The van der Waals surface area contributed by atoms with E-state index in [-0.39, 0.29) is 23.0 Å². The van der Waals surface area contributed by atoms with E-state index in [4.69, 9.17) is 16.3 Å². The number of hydrogen-bond acceptors (Lipinski definition) is 5. The molecule has 2 amide bonds. The lowest BCUT2D eigenvalue weighted by Crippen LogP contribution is -2.51. The molecule has 1 N–H and O–H groups in total. The van der Waals surface area contributed by atoms with Crippen LogP contribution in [0.3, 0.4) is 0 Å². The van der Waals surface area contributed by atoms with E-state index in [1.165, 1.54) is 41.3 Å². The van der Waals surface area contributed by atoms with Gasteiger partial charge >= 0.3 is 0 Å². The third-order valence-electron chi connectivity index (χ3n) is 6.10. The summed E-state index contributed by atoms with van der Waals surface area (Å²) >= 11 is 6.01. The number of anilines is 1. The van der Waals surface area contributed by atoms with Gasteiger partial charge in [0.1, 0.15) is 24.2 Å². The Kier molecular flexibility index (Phi) is 10.9. The van der Waals surface area contributed by atoms with Crippen molar-refractivity contribution in [2.75, 3.05) is 24.0 Å². The van der Waals surface area contributed by atoms with Crippen molar-refractivity contribution in [1.82, 2.24) is 10.2 Å². The number of hydrogen-bond donors (Lipinski definition) is 1. The van der Waals surface area contributed by atoms with Gasteiger partial charge in [-0.3, -0.25) is 13.9 Å². The fourth-order valence-electron chi connectivity index (χ4n) is 3.90. The largest absolute Gasteiger partial charge is 0.494 e. The van der Waals surface area contributed by atoms with E-state index >= 15 is 0 Å². The van der Waals surface area contributed by atoms with Crippen molar-refractivity contribution in [1.29, 1.82) is 0 Å². The second-order valence-electron chi connectivity index (χ2n) is 9.01. The summed E-state index contributed by atoms with van der Waals surface area (Å²) in [4.78, 5) is 27.9. The zero-order valence-electron chi connectivity index (χ0n) is 22.6. The van der Waals surface area contributed by atoms with E-state index < -0.39 is 34.3 Å². The van der Waals surface area contributed by atoms with E-state index in [9.17, 15) is 22.4 Å². The van der Waals surface area contributed by atoms with E-state index in [1.54, 1.807) is 31.2 Å². The van der Waals surface area contributed by atoms with Gasteiger partial charge in [0.25, 0.3) is 10.0 Å². The molecule has 214 valence electrons. The molecule has 0 saturated heterocycles. The van der Waals surface area contributed by atoms with Crippen LogP contribution in [0.25, 0.3) is 0 Å². The minimum Gasteiger partial charge on any atom is -0.494 e. The molecule has 0 aliphatic rings. The van der Waals surface area contributed by atoms with Crippen LogP contribution in [0.1, 0.15) is 32.8 Å². The minimum atomic E-state index is -4.28. The molecule has 0 aromatic heterocycles. The molecule has 0 unspecified atom stereocenters. The molecule has 8 nitrogen and oxygen atoms in total. The van der Waals surface area contributed by atoms with Gasteiger partial charge in [0.15, 0.2) is 0 Å². The first-order valence-corrected chi connectivity index (χ1v) is 14.7. The smallest absolute Gasteiger partial charge is 0.264 e. The molecule has 3 rings (SSSR count). The second kappa shape index (κ2) is 14.1. The summed E-state index contributed by atoms with van der Waals surface area (Å²) in [7, 11) is -4.28. The normalized spacial score (nSPS) is 11.9. The Hall–Kier alpha value is -3.63. The van der Waals surface area contributed by atoms with Gasteiger partial charge in [-0.15, -0.1) is 0 Å². The van der Waals surface area contributed by atoms with Gasteiger partial charge in [-0.1, -0.05) is 30.7 Å². The summed E-state index contributed by atoms with van der Waals surface area (Å²) in [5.74, 6) is -1.05. The van der Waals surface area contributed by atoms with Crippen LogP contribution in [-0.2, 0) is 26.2 Å². The molecule has 0 saturated carbocycles. The van der Waals surface area contributed by atoms with Gasteiger partial charge in [0.05, 0.1) is 17.2 Å². The van der Waals surface area contributed by atoms with Crippen LogP contribution >= 0.6 is 11.6 Å². The molecule has 0 fully saturated rings. The van der Waals surface area contributed by atoms with E-state index in [0.717, 1.165) is 16.4 Å². The van der Waals surface area contributed by atoms with Gasteiger partial charge < -0.3 is 15.0 Å². The lowest BCUT2D eigenvalue weighted by Gasteiger charge is -2.32. The Labute approximate surface area is 239 Å². The number of carbonyl (C=O) groups is 2. The van der Waals surface area contributed by atoms with E-state index in [0.29, 0.717) is 35.9 Å². The Morgan fingerprint density at radius 3 is 2.17 bits per heavy atom. The highest BCUT2D eigenvalue weighted by Crippen LogP contribution is 2.26. The summed E-state index contributed by atoms with van der Waals surface area (Å²) in [5.41, 5.74) is 0.800. The zero-order chi connectivity index (χ0) is 29.3. The Morgan fingerprint density at radius 2 is 1.60 bits per heavy atom. The van der Waals surface area contributed by atoms with Crippen molar-refractivity contribution in [3.05, 3.63) is 89.2 Å². The number of nitrogens with one attached hydrogen (secondary N) is 1. The molecule has 0 aliphatic carbocycles. The minimum absolute atomic E-state index is 0.0388. The van der Waals surface area contributed by atoms with Gasteiger partial charge in [0.2, 0.25) is 11.8 Å². The Morgan fingerprint density at radius 1 is 0.975 bits per heavy atom. The molecule has 0 bridgehead atoms. The van der Waals surface area contributed by atoms with Crippen molar-refractivity contribution in [3.63, 3.8) is 0 Å². The predicted octanol–water partition coefficient (Wildman–Crippen LogP) is 5.02. The molecule has 11 heteroatoms. The summed E-state index contributed by atoms with van der Waals surface area (Å²) in [5, 5.41) is 3.30. The summed E-state index contributed by atoms with van der Waals surface area (Å²) < 4.78 is 47.7. The number of nitrogens with zero attached hydrogens (tertiary/aromatic N) is 2.